The first-order chi connectivity index (χ1) is 9.22. The summed E-state index contributed by atoms with van der Waals surface area (Å²) in [6.45, 7) is 0. The van der Waals surface area contributed by atoms with Crippen molar-refractivity contribution in [3.63, 3.8) is 0 Å². The van der Waals surface area contributed by atoms with E-state index in [1.54, 1.807) is 18.2 Å². The molecule has 1 aromatic carbocycles. The Hall–Kier alpha value is -2.89. The van der Waals surface area contributed by atoms with Crippen molar-refractivity contribution in [2.75, 3.05) is 5.32 Å². The van der Waals surface area contributed by atoms with Crippen LogP contribution < -0.4 is 11.0 Å². The number of aromatic nitrogens is 3. The third-order valence-electron chi connectivity index (χ3n) is 2.66. The van der Waals surface area contributed by atoms with Crippen molar-refractivity contribution >= 4 is 22.8 Å². The number of H-pyrrole nitrogens is 2. The van der Waals surface area contributed by atoms with Crippen molar-refractivity contribution in [2.24, 2.45) is 0 Å². The van der Waals surface area contributed by atoms with Crippen LogP contribution in [0.4, 0.5) is 5.69 Å². The number of aromatic amines is 2. The van der Waals surface area contributed by atoms with Gasteiger partial charge in [0.2, 0.25) is 0 Å². The molecule has 19 heavy (non-hydrogen) atoms. The van der Waals surface area contributed by atoms with Gasteiger partial charge in [0.1, 0.15) is 0 Å². The van der Waals surface area contributed by atoms with Gasteiger partial charge in [-0.05, 0) is 18.2 Å². The van der Waals surface area contributed by atoms with E-state index in [0.717, 1.165) is 0 Å². The van der Waals surface area contributed by atoms with E-state index in [1.807, 2.05) is 18.2 Å². The quantitative estimate of drug-likeness (QED) is 0.647. The smallest absolute Gasteiger partial charge is 0.322 e. The summed E-state index contributed by atoms with van der Waals surface area (Å²) in [4.78, 5) is 32.2. The van der Waals surface area contributed by atoms with Crippen molar-refractivity contribution in [3.8, 4) is 0 Å². The molecule has 3 N–H and O–H groups in total. The molecule has 0 saturated heterocycles. The highest BCUT2D eigenvalue weighted by molar-refractivity contribution is 6.05. The molecule has 6 nitrogen and oxygen atoms in total. The second kappa shape index (κ2) is 4.41. The summed E-state index contributed by atoms with van der Waals surface area (Å²) in [5, 5.41) is 2.75. The van der Waals surface area contributed by atoms with Crippen LogP contribution in [0.1, 0.15) is 10.4 Å². The summed E-state index contributed by atoms with van der Waals surface area (Å²) < 4.78 is 0. The van der Waals surface area contributed by atoms with Crippen LogP contribution in [-0.2, 0) is 0 Å². The van der Waals surface area contributed by atoms with Crippen LogP contribution in [0.3, 0.4) is 0 Å². The molecule has 2 heterocycles. The van der Waals surface area contributed by atoms with E-state index in [0.29, 0.717) is 22.4 Å². The monoisotopic (exact) mass is 254 g/mol. The van der Waals surface area contributed by atoms with Gasteiger partial charge in [-0.25, -0.2) is 9.78 Å². The fourth-order valence-corrected chi connectivity index (χ4v) is 1.77. The SMILES string of the molecule is O=C(Nc1ccccc1)c1cnc2[nH]c(=O)[nH]c2c1. The van der Waals surface area contributed by atoms with E-state index in [4.69, 9.17) is 0 Å². The van der Waals surface area contributed by atoms with Gasteiger partial charge < -0.3 is 10.3 Å². The number of rotatable bonds is 2. The number of nitrogens with one attached hydrogen (secondary N) is 3. The van der Waals surface area contributed by atoms with Crippen molar-refractivity contribution in [3.05, 3.63) is 58.6 Å². The van der Waals surface area contributed by atoms with Crippen LogP contribution in [0.5, 0.6) is 0 Å². The second-order valence-electron chi connectivity index (χ2n) is 4.02. The Morgan fingerprint density at radius 1 is 1.16 bits per heavy atom. The number of anilines is 1. The molecule has 0 spiro atoms. The number of carbonyl (C=O) groups excluding carboxylic acids is 1. The molecule has 0 bridgehead atoms. The number of amides is 1. The normalized spacial score (nSPS) is 10.5. The minimum absolute atomic E-state index is 0.275. The number of benzene rings is 1. The van der Waals surface area contributed by atoms with Gasteiger partial charge in [0.25, 0.3) is 5.91 Å². The molecule has 3 aromatic rings. The van der Waals surface area contributed by atoms with Gasteiger partial charge in [-0.15, -0.1) is 0 Å². The molecule has 3 rings (SSSR count). The zero-order valence-corrected chi connectivity index (χ0v) is 9.81. The minimum atomic E-state index is -0.344. The Morgan fingerprint density at radius 3 is 2.74 bits per heavy atom. The van der Waals surface area contributed by atoms with Gasteiger partial charge in [0.15, 0.2) is 5.65 Å². The van der Waals surface area contributed by atoms with Crippen LogP contribution >= 0.6 is 0 Å². The average Bonchev–Trinajstić information content (AvgIpc) is 2.78. The van der Waals surface area contributed by atoms with E-state index >= 15 is 0 Å². The first-order valence-corrected chi connectivity index (χ1v) is 5.67. The number of nitrogens with zero attached hydrogens (tertiary/aromatic N) is 1. The molecular weight excluding hydrogens is 244 g/mol. The molecule has 0 aliphatic carbocycles. The van der Waals surface area contributed by atoms with Gasteiger partial charge in [-0.3, -0.25) is 9.78 Å². The highest BCUT2D eigenvalue weighted by Gasteiger charge is 2.08. The maximum absolute atomic E-state index is 12.0. The van der Waals surface area contributed by atoms with Crippen LogP contribution in [0.2, 0.25) is 0 Å². The van der Waals surface area contributed by atoms with Gasteiger partial charge >= 0.3 is 5.69 Å². The van der Waals surface area contributed by atoms with Crippen LogP contribution in [0.15, 0.2) is 47.4 Å². The second-order valence-corrected chi connectivity index (χ2v) is 4.02. The standard InChI is InChI=1S/C13H10N4O2/c18-12(15-9-4-2-1-3-5-9)8-6-10-11(14-7-8)17-13(19)16-10/h1-7H,(H,15,18)(H2,14,16,17,19). The largest absolute Gasteiger partial charge is 0.325 e. The summed E-state index contributed by atoms with van der Waals surface area (Å²) >= 11 is 0. The molecule has 0 fully saturated rings. The molecule has 0 aliphatic heterocycles. The maximum Gasteiger partial charge on any atom is 0.325 e. The summed E-state index contributed by atoms with van der Waals surface area (Å²) in [5.41, 5.74) is 1.68. The minimum Gasteiger partial charge on any atom is -0.322 e. The van der Waals surface area contributed by atoms with Crippen molar-refractivity contribution in [2.45, 2.75) is 0 Å². The zero-order valence-electron chi connectivity index (χ0n) is 9.81. The molecule has 94 valence electrons. The Balaban J connectivity index is 1.91. The van der Waals surface area contributed by atoms with Gasteiger partial charge in [0, 0.05) is 11.9 Å². The molecule has 0 atom stereocenters. The number of para-hydroxylation sites is 1. The summed E-state index contributed by atoms with van der Waals surface area (Å²) in [6, 6.07) is 10.7. The number of pyridine rings is 1. The maximum atomic E-state index is 12.0. The molecule has 1 amide bonds. The lowest BCUT2D eigenvalue weighted by atomic mass is 10.2. The molecular formula is C13H10N4O2. The summed E-state index contributed by atoms with van der Waals surface area (Å²) in [5.74, 6) is -0.275. The third kappa shape index (κ3) is 2.23. The molecule has 0 saturated carbocycles. The number of hydrogen-bond donors (Lipinski definition) is 3. The molecule has 0 aliphatic rings. The summed E-state index contributed by atoms with van der Waals surface area (Å²) in [7, 11) is 0. The third-order valence-corrected chi connectivity index (χ3v) is 2.66. The lowest BCUT2D eigenvalue weighted by molar-refractivity contribution is 0.102. The van der Waals surface area contributed by atoms with Crippen LogP contribution in [0.25, 0.3) is 11.2 Å². The Morgan fingerprint density at radius 2 is 1.95 bits per heavy atom. The number of carbonyl (C=O) groups is 1. The number of fused-ring (bicyclic) bond motifs is 1. The van der Waals surface area contributed by atoms with E-state index in [-0.39, 0.29) is 11.6 Å². The Bertz CT molecular complexity index is 789. The average molecular weight is 254 g/mol. The Kier molecular flexibility index (Phi) is 2.60. The first-order valence-electron chi connectivity index (χ1n) is 5.67. The molecule has 6 heteroatoms. The molecule has 2 aromatic heterocycles. The lowest BCUT2D eigenvalue weighted by Gasteiger charge is -2.04. The highest BCUT2D eigenvalue weighted by atomic mass is 16.2. The van der Waals surface area contributed by atoms with Gasteiger partial charge in [-0.2, -0.15) is 0 Å². The number of hydrogen-bond acceptors (Lipinski definition) is 3. The van der Waals surface area contributed by atoms with E-state index in [9.17, 15) is 9.59 Å². The molecule has 0 unspecified atom stereocenters. The van der Waals surface area contributed by atoms with Gasteiger partial charge in [0.05, 0.1) is 11.1 Å². The van der Waals surface area contributed by atoms with Crippen molar-refractivity contribution in [1.29, 1.82) is 0 Å². The highest BCUT2D eigenvalue weighted by Crippen LogP contribution is 2.10. The number of imidazole rings is 1. The van der Waals surface area contributed by atoms with E-state index < -0.39 is 0 Å². The molecule has 0 radical (unpaired) electrons. The summed E-state index contributed by atoms with van der Waals surface area (Å²) in [6.07, 6.45) is 1.42. The predicted molar refractivity (Wildman–Crippen MR) is 71.1 cm³/mol. The first kappa shape index (κ1) is 11.2. The Labute approximate surface area is 107 Å². The van der Waals surface area contributed by atoms with Crippen molar-refractivity contribution in [1.82, 2.24) is 15.0 Å². The van der Waals surface area contributed by atoms with E-state index in [2.05, 4.69) is 20.3 Å². The van der Waals surface area contributed by atoms with Crippen LogP contribution in [0, 0.1) is 0 Å². The topological polar surface area (TPSA) is 90.6 Å². The van der Waals surface area contributed by atoms with Crippen LogP contribution in [-0.4, -0.2) is 20.9 Å². The predicted octanol–water partition coefficient (Wildman–Crippen LogP) is 1.50. The lowest BCUT2D eigenvalue weighted by Crippen LogP contribution is -2.12. The fourth-order valence-electron chi connectivity index (χ4n) is 1.77. The van der Waals surface area contributed by atoms with E-state index in [1.165, 1.54) is 6.20 Å². The van der Waals surface area contributed by atoms with Gasteiger partial charge in [-0.1, -0.05) is 18.2 Å². The zero-order chi connectivity index (χ0) is 13.2. The fraction of sp³-hybridized carbons (Fsp3) is 0. The van der Waals surface area contributed by atoms with Crippen molar-refractivity contribution < 1.29 is 4.79 Å².